The SMILES string of the molecule is CC(=O)N/N=C(/C)c1c(F)cccc1F. The molecule has 0 aliphatic carbocycles. The van der Waals surface area contributed by atoms with Crippen molar-refractivity contribution >= 4 is 11.6 Å². The Morgan fingerprint density at radius 2 is 1.80 bits per heavy atom. The molecule has 0 radical (unpaired) electrons. The van der Waals surface area contributed by atoms with E-state index < -0.39 is 17.5 Å². The minimum absolute atomic E-state index is 0.0841. The first-order valence-corrected chi connectivity index (χ1v) is 4.27. The predicted octanol–water partition coefficient (Wildman–Crippen LogP) is 1.82. The first-order valence-electron chi connectivity index (χ1n) is 4.27. The third-order valence-corrected chi connectivity index (χ3v) is 1.71. The van der Waals surface area contributed by atoms with Crippen molar-refractivity contribution in [1.82, 2.24) is 5.43 Å². The zero-order valence-electron chi connectivity index (χ0n) is 8.34. The van der Waals surface area contributed by atoms with E-state index in [0.29, 0.717) is 0 Å². The summed E-state index contributed by atoms with van der Waals surface area (Å²) in [5.41, 5.74) is 1.97. The number of hydrazone groups is 1. The summed E-state index contributed by atoms with van der Waals surface area (Å²) < 4.78 is 26.4. The highest BCUT2D eigenvalue weighted by atomic mass is 19.1. The van der Waals surface area contributed by atoms with Crippen LogP contribution in [0.3, 0.4) is 0 Å². The van der Waals surface area contributed by atoms with Gasteiger partial charge in [-0.1, -0.05) is 6.07 Å². The van der Waals surface area contributed by atoms with E-state index >= 15 is 0 Å². The zero-order valence-corrected chi connectivity index (χ0v) is 8.34. The summed E-state index contributed by atoms with van der Waals surface area (Å²) in [6, 6.07) is 3.52. The molecule has 0 saturated carbocycles. The Labute approximate surface area is 85.8 Å². The molecule has 1 N–H and O–H groups in total. The quantitative estimate of drug-likeness (QED) is 0.589. The van der Waals surface area contributed by atoms with E-state index in [9.17, 15) is 13.6 Å². The van der Waals surface area contributed by atoms with E-state index in [0.717, 1.165) is 12.1 Å². The summed E-state index contributed by atoms with van der Waals surface area (Å²) in [5.74, 6) is -1.81. The van der Waals surface area contributed by atoms with Crippen molar-refractivity contribution in [1.29, 1.82) is 0 Å². The summed E-state index contributed by atoms with van der Waals surface area (Å²) in [6.07, 6.45) is 0. The molecular weight excluding hydrogens is 202 g/mol. The lowest BCUT2D eigenvalue weighted by molar-refractivity contribution is -0.118. The van der Waals surface area contributed by atoms with Crippen molar-refractivity contribution in [3.8, 4) is 0 Å². The fourth-order valence-electron chi connectivity index (χ4n) is 1.06. The summed E-state index contributed by atoms with van der Waals surface area (Å²) in [6.45, 7) is 2.67. The fraction of sp³-hybridized carbons (Fsp3) is 0.200. The molecule has 0 spiro atoms. The normalized spacial score (nSPS) is 11.3. The van der Waals surface area contributed by atoms with Gasteiger partial charge in [0.05, 0.1) is 11.3 Å². The van der Waals surface area contributed by atoms with Crippen LogP contribution in [0.15, 0.2) is 23.3 Å². The Hall–Kier alpha value is -1.78. The molecule has 0 saturated heterocycles. The molecule has 5 heteroatoms. The molecule has 1 rings (SSSR count). The number of nitrogens with one attached hydrogen (secondary N) is 1. The molecule has 80 valence electrons. The second-order valence-corrected chi connectivity index (χ2v) is 2.96. The molecule has 1 amide bonds. The minimum Gasteiger partial charge on any atom is -0.274 e. The molecule has 1 aromatic carbocycles. The lowest BCUT2D eigenvalue weighted by Gasteiger charge is -2.03. The second-order valence-electron chi connectivity index (χ2n) is 2.96. The van der Waals surface area contributed by atoms with Crippen molar-refractivity contribution in [2.45, 2.75) is 13.8 Å². The maximum absolute atomic E-state index is 13.2. The fourth-order valence-corrected chi connectivity index (χ4v) is 1.06. The number of rotatable bonds is 2. The van der Waals surface area contributed by atoms with E-state index in [4.69, 9.17) is 0 Å². The number of carbonyl (C=O) groups excluding carboxylic acids is 1. The maximum Gasteiger partial charge on any atom is 0.236 e. The molecular formula is C10H10F2N2O. The van der Waals surface area contributed by atoms with Gasteiger partial charge in [0.15, 0.2) is 0 Å². The third kappa shape index (κ3) is 2.83. The van der Waals surface area contributed by atoms with Gasteiger partial charge in [-0.15, -0.1) is 0 Å². The van der Waals surface area contributed by atoms with Gasteiger partial charge in [-0.25, -0.2) is 14.2 Å². The van der Waals surface area contributed by atoms with Gasteiger partial charge in [0.2, 0.25) is 5.91 Å². The van der Waals surface area contributed by atoms with Crippen LogP contribution in [0.25, 0.3) is 0 Å². The topological polar surface area (TPSA) is 41.5 Å². The number of benzene rings is 1. The van der Waals surface area contributed by atoms with Crippen LogP contribution in [0.1, 0.15) is 19.4 Å². The van der Waals surface area contributed by atoms with Gasteiger partial charge in [-0.2, -0.15) is 5.10 Å². The third-order valence-electron chi connectivity index (χ3n) is 1.71. The molecule has 3 nitrogen and oxygen atoms in total. The van der Waals surface area contributed by atoms with Gasteiger partial charge in [0.1, 0.15) is 11.6 Å². The molecule has 0 aliphatic heterocycles. The van der Waals surface area contributed by atoms with E-state index in [1.54, 1.807) is 0 Å². The van der Waals surface area contributed by atoms with Crippen molar-refractivity contribution in [3.05, 3.63) is 35.4 Å². The molecule has 0 fully saturated rings. The monoisotopic (exact) mass is 212 g/mol. The van der Waals surface area contributed by atoms with Crippen LogP contribution >= 0.6 is 0 Å². The Morgan fingerprint density at radius 3 is 2.27 bits per heavy atom. The molecule has 0 atom stereocenters. The van der Waals surface area contributed by atoms with Crippen LogP contribution in [0.4, 0.5) is 8.78 Å². The molecule has 0 unspecified atom stereocenters. The lowest BCUT2D eigenvalue weighted by Crippen LogP contribution is -2.16. The van der Waals surface area contributed by atoms with Gasteiger partial charge in [-0.05, 0) is 19.1 Å². The molecule has 0 heterocycles. The van der Waals surface area contributed by atoms with Crippen LogP contribution in [0.5, 0.6) is 0 Å². The van der Waals surface area contributed by atoms with Crippen LogP contribution in [-0.2, 0) is 4.79 Å². The number of hydrogen-bond donors (Lipinski definition) is 1. The summed E-state index contributed by atoms with van der Waals surface area (Å²) in [5, 5.41) is 3.55. The van der Waals surface area contributed by atoms with Crippen molar-refractivity contribution < 1.29 is 13.6 Å². The first-order chi connectivity index (χ1) is 7.02. The van der Waals surface area contributed by atoms with Gasteiger partial charge in [0.25, 0.3) is 0 Å². The average Bonchev–Trinajstić information content (AvgIpc) is 2.14. The van der Waals surface area contributed by atoms with E-state index in [1.165, 1.54) is 19.9 Å². The molecule has 0 bridgehead atoms. The highest BCUT2D eigenvalue weighted by Gasteiger charge is 2.11. The number of hydrogen-bond acceptors (Lipinski definition) is 2. The minimum atomic E-state index is -0.707. The van der Waals surface area contributed by atoms with E-state index in [-0.39, 0.29) is 11.3 Å². The second kappa shape index (κ2) is 4.63. The number of nitrogens with zero attached hydrogens (tertiary/aromatic N) is 1. The Bertz CT molecular complexity index is 396. The number of halogens is 2. The summed E-state index contributed by atoms with van der Waals surface area (Å²) >= 11 is 0. The van der Waals surface area contributed by atoms with Gasteiger partial charge < -0.3 is 0 Å². The van der Waals surface area contributed by atoms with Crippen LogP contribution in [0, 0.1) is 11.6 Å². The molecule has 15 heavy (non-hydrogen) atoms. The smallest absolute Gasteiger partial charge is 0.236 e. The Morgan fingerprint density at radius 1 is 1.27 bits per heavy atom. The van der Waals surface area contributed by atoms with Crippen molar-refractivity contribution in [3.63, 3.8) is 0 Å². The summed E-state index contributed by atoms with van der Waals surface area (Å²) in [4.78, 5) is 10.5. The number of amides is 1. The Kier molecular flexibility index (Phi) is 3.49. The van der Waals surface area contributed by atoms with Crippen molar-refractivity contribution in [2.24, 2.45) is 5.10 Å². The van der Waals surface area contributed by atoms with E-state index in [2.05, 4.69) is 10.5 Å². The molecule has 0 aliphatic rings. The van der Waals surface area contributed by atoms with Crippen LogP contribution in [-0.4, -0.2) is 11.6 Å². The van der Waals surface area contributed by atoms with Gasteiger partial charge in [0, 0.05) is 6.92 Å². The Balaban J connectivity index is 3.05. The highest BCUT2D eigenvalue weighted by Crippen LogP contribution is 2.12. The average molecular weight is 212 g/mol. The standard InChI is InChI=1S/C10H10F2N2O/c1-6(13-14-7(2)15)10-8(11)4-3-5-9(10)12/h3-5H,1-2H3,(H,14,15)/b13-6-. The lowest BCUT2D eigenvalue weighted by atomic mass is 10.1. The van der Waals surface area contributed by atoms with Crippen molar-refractivity contribution in [2.75, 3.05) is 0 Å². The predicted molar refractivity (Wildman–Crippen MR) is 52.4 cm³/mol. The van der Waals surface area contributed by atoms with Gasteiger partial charge >= 0.3 is 0 Å². The zero-order chi connectivity index (χ0) is 11.4. The maximum atomic E-state index is 13.2. The number of carbonyl (C=O) groups is 1. The molecule has 1 aromatic rings. The van der Waals surface area contributed by atoms with Crippen LogP contribution < -0.4 is 5.43 Å². The summed E-state index contributed by atoms with van der Waals surface area (Å²) in [7, 11) is 0. The van der Waals surface area contributed by atoms with E-state index in [1.807, 2.05) is 0 Å². The van der Waals surface area contributed by atoms with Gasteiger partial charge in [-0.3, -0.25) is 4.79 Å². The van der Waals surface area contributed by atoms with Crippen LogP contribution in [0.2, 0.25) is 0 Å². The first kappa shape index (κ1) is 11.3. The highest BCUT2D eigenvalue weighted by molar-refractivity contribution is 5.99. The molecule has 0 aromatic heterocycles. The largest absolute Gasteiger partial charge is 0.274 e.